The third-order valence-corrected chi connectivity index (χ3v) is 1.95. The van der Waals surface area contributed by atoms with E-state index in [1.54, 1.807) is 0 Å². The number of pyridine rings is 1. The fraction of sp³-hybridized carbons (Fsp3) is 0.400. The summed E-state index contributed by atoms with van der Waals surface area (Å²) >= 11 is 0. The van der Waals surface area contributed by atoms with Crippen molar-refractivity contribution in [2.45, 2.75) is 6.10 Å². The molecule has 0 saturated heterocycles. The highest BCUT2D eigenvalue weighted by atomic mass is 16.5. The molecule has 7 heteroatoms. The molecular formula is C10H14N2O5. The van der Waals surface area contributed by atoms with Crippen LogP contribution in [0.25, 0.3) is 0 Å². The molecule has 0 aliphatic rings. The largest absolute Gasteiger partial charge is 0.494 e. The Morgan fingerprint density at radius 3 is 2.88 bits per heavy atom. The van der Waals surface area contributed by atoms with Gasteiger partial charge in [-0.25, -0.2) is 0 Å². The van der Waals surface area contributed by atoms with Gasteiger partial charge >= 0.3 is 0 Å². The SMILES string of the molecule is COCC(O)CNC(=O)c1cc(O)[nH]c(=O)c1. The zero-order valence-electron chi connectivity index (χ0n) is 9.27. The van der Waals surface area contributed by atoms with Crippen LogP contribution in [0, 0.1) is 0 Å². The Labute approximate surface area is 97.1 Å². The van der Waals surface area contributed by atoms with E-state index in [2.05, 4.69) is 15.0 Å². The second-order valence-corrected chi connectivity index (χ2v) is 3.44. The van der Waals surface area contributed by atoms with Crippen molar-refractivity contribution in [2.75, 3.05) is 20.3 Å². The van der Waals surface area contributed by atoms with Gasteiger partial charge in [0.1, 0.15) is 0 Å². The van der Waals surface area contributed by atoms with E-state index in [0.29, 0.717) is 0 Å². The monoisotopic (exact) mass is 242 g/mol. The van der Waals surface area contributed by atoms with E-state index in [0.717, 1.165) is 12.1 Å². The van der Waals surface area contributed by atoms with Gasteiger partial charge in [-0.15, -0.1) is 0 Å². The maximum Gasteiger partial charge on any atom is 0.251 e. The predicted molar refractivity (Wildman–Crippen MR) is 58.9 cm³/mol. The van der Waals surface area contributed by atoms with Gasteiger partial charge in [0, 0.05) is 25.8 Å². The average molecular weight is 242 g/mol. The summed E-state index contributed by atoms with van der Waals surface area (Å²) in [5.41, 5.74) is -0.552. The van der Waals surface area contributed by atoms with Crippen LogP contribution in [-0.2, 0) is 4.74 Å². The van der Waals surface area contributed by atoms with Crippen molar-refractivity contribution >= 4 is 5.91 Å². The van der Waals surface area contributed by atoms with Crippen molar-refractivity contribution in [1.29, 1.82) is 0 Å². The van der Waals surface area contributed by atoms with Crippen LogP contribution in [0.15, 0.2) is 16.9 Å². The maximum absolute atomic E-state index is 11.5. The zero-order valence-corrected chi connectivity index (χ0v) is 9.27. The molecule has 94 valence electrons. The van der Waals surface area contributed by atoms with Crippen molar-refractivity contribution < 1.29 is 19.7 Å². The second kappa shape index (κ2) is 6.02. The number of H-pyrrole nitrogens is 1. The second-order valence-electron chi connectivity index (χ2n) is 3.44. The van der Waals surface area contributed by atoms with Crippen LogP contribution < -0.4 is 10.9 Å². The lowest BCUT2D eigenvalue weighted by atomic mass is 10.2. The molecule has 1 amide bonds. The number of methoxy groups -OCH3 is 1. The summed E-state index contributed by atoms with van der Waals surface area (Å²) in [4.78, 5) is 24.6. The maximum atomic E-state index is 11.5. The van der Waals surface area contributed by atoms with E-state index in [4.69, 9.17) is 5.11 Å². The predicted octanol–water partition coefficient (Wildman–Crippen LogP) is -1.18. The van der Waals surface area contributed by atoms with Gasteiger partial charge < -0.3 is 20.3 Å². The fourth-order valence-corrected chi connectivity index (χ4v) is 1.22. The van der Waals surface area contributed by atoms with Gasteiger partial charge in [0.15, 0.2) is 5.88 Å². The summed E-state index contributed by atoms with van der Waals surface area (Å²) in [6, 6.07) is 2.18. The van der Waals surface area contributed by atoms with E-state index >= 15 is 0 Å². The molecule has 1 rings (SSSR count). The van der Waals surface area contributed by atoms with Gasteiger partial charge in [-0.2, -0.15) is 0 Å². The molecule has 1 unspecified atom stereocenters. The number of aromatic amines is 1. The quantitative estimate of drug-likeness (QED) is 0.519. The number of carbonyl (C=O) groups excluding carboxylic acids is 1. The number of ether oxygens (including phenoxy) is 1. The van der Waals surface area contributed by atoms with Crippen LogP contribution in [0.5, 0.6) is 5.88 Å². The molecule has 7 nitrogen and oxygen atoms in total. The molecule has 0 aromatic carbocycles. The Morgan fingerprint density at radius 1 is 1.59 bits per heavy atom. The van der Waals surface area contributed by atoms with Crippen LogP contribution in [-0.4, -0.2) is 47.5 Å². The lowest BCUT2D eigenvalue weighted by Gasteiger charge is -2.10. The number of aromatic nitrogens is 1. The van der Waals surface area contributed by atoms with Crippen LogP contribution in [0.3, 0.4) is 0 Å². The number of aliphatic hydroxyl groups is 1. The number of nitrogens with one attached hydrogen (secondary N) is 2. The third kappa shape index (κ3) is 4.25. The van der Waals surface area contributed by atoms with Gasteiger partial charge in [0.2, 0.25) is 0 Å². The van der Waals surface area contributed by atoms with Crippen LogP contribution in [0.2, 0.25) is 0 Å². The van der Waals surface area contributed by atoms with Gasteiger partial charge in [-0.05, 0) is 0 Å². The molecule has 0 aliphatic carbocycles. The summed E-state index contributed by atoms with van der Waals surface area (Å²) in [5.74, 6) is -0.943. The average Bonchev–Trinajstić information content (AvgIpc) is 2.25. The van der Waals surface area contributed by atoms with Crippen LogP contribution >= 0.6 is 0 Å². The summed E-state index contributed by atoms with van der Waals surface area (Å²) in [6.07, 6.45) is -0.820. The summed E-state index contributed by atoms with van der Waals surface area (Å²) in [5, 5.41) is 20.8. The molecule has 0 fully saturated rings. The Kier molecular flexibility index (Phi) is 4.68. The van der Waals surface area contributed by atoms with Gasteiger partial charge in [-0.3, -0.25) is 14.6 Å². The minimum Gasteiger partial charge on any atom is -0.494 e. The molecule has 0 saturated carbocycles. The number of aromatic hydroxyl groups is 1. The topological polar surface area (TPSA) is 112 Å². The van der Waals surface area contributed by atoms with Crippen molar-refractivity contribution in [3.05, 3.63) is 28.0 Å². The van der Waals surface area contributed by atoms with Crippen molar-refractivity contribution in [2.24, 2.45) is 0 Å². The van der Waals surface area contributed by atoms with E-state index < -0.39 is 17.6 Å². The number of carbonyl (C=O) groups is 1. The van der Waals surface area contributed by atoms with E-state index in [-0.39, 0.29) is 24.6 Å². The molecular weight excluding hydrogens is 228 g/mol. The molecule has 1 aromatic rings. The molecule has 1 atom stereocenters. The highest BCUT2D eigenvalue weighted by molar-refractivity contribution is 5.94. The summed E-state index contributed by atoms with van der Waals surface area (Å²) in [7, 11) is 1.43. The van der Waals surface area contributed by atoms with Crippen LogP contribution in [0.1, 0.15) is 10.4 Å². The fourth-order valence-electron chi connectivity index (χ4n) is 1.22. The van der Waals surface area contributed by atoms with Crippen molar-refractivity contribution in [1.82, 2.24) is 10.3 Å². The molecule has 4 N–H and O–H groups in total. The Hall–Kier alpha value is -1.86. The first kappa shape index (κ1) is 13.2. The molecule has 17 heavy (non-hydrogen) atoms. The minimum atomic E-state index is -0.820. The number of hydrogen-bond acceptors (Lipinski definition) is 5. The van der Waals surface area contributed by atoms with E-state index in [1.807, 2.05) is 0 Å². The Balaban J connectivity index is 2.61. The van der Waals surface area contributed by atoms with Crippen molar-refractivity contribution in [3.8, 4) is 5.88 Å². The van der Waals surface area contributed by atoms with Crippen molar-refractivity contribution in [3.63, 3.8) is 0 Å². The molecule has 0 aliphatic heterocycles. The molecule has 1 heterocycles. The number of rotatable bonds is 5. The normalized spacial score (nSPS) is 12.1. The van der Waals surface area contributed by atoms with Gasteiger partial charge in [-0.1, -0.05) is 0 Å². The smallest absolute Gasteiger partial charge is 0.251 e. The minimum absolute atomic E-state index is 0.000232. The number of hydrogen-bond donors (Lipinski definition) is 4. The van der Waals surface area contributed by atoms with Gasteiger partial charge in [0.05, 0.1) is 18.3 Å². The van der Waals surface area contributed by atoms with E-state index in [9.17, 15) is 14.7 Å². The molecule has 0 radical (unpaired) electrons. The number of aliphatic hydroxyl groups excluding tert-OH is 1. The Morgan fingerprint density at radius 2 is 2.29 bits per heavy atom. The standard InChI is InChI=1S/C10H14N2O5/c1-17-5-7(13)4-11-10(16)6-2-8(14)12-9(15)3-6/h2-3,7,13H,4-5H2,1H3,(H,11,16)(H2,12,14,15). The first-order valence-corrected chi connectivity index (χ1v) is 4.91. The highest BCUT2D eigenvalue weighted by Crippen LogP contribution is 2.03. The van der Waals surface area contributed by atoms with Gasteiger partial charge in [0.25, 0.3) is 11.5 Å². The Bertz CT molecular complexity index is 443. The summed E-state index contributed by atoms with van der Waals surface area (Å²) < 4.78 is 4.68. The highest BCUT2D eigenvalue weighted by Gasteiger charge is 2.10. The molecule has 0 spiro atoms. The molecule has 0 bridgehead atoms. The lowest BCUT2D eigenvalue weighted by Crippen LogP contribution is -2.34. The first-order chi connectivity index (χ1) is 8.02. The zero-order chi connectivity index (χ0) is 12.8. The van der Waals surface area contributed by atoms with Crippen LogP contribution in [0.4, 0.5) is 0 Å². The lowest BCUT2D eigenvalue weighted by molar-refractivity contribution is 0.0609. The summed E-state index contributed by atoms with van der Waals surface area (Å²) in [6.45, 7) is 0.0984. The van der Waals surface area contributed by atoms with E-state index in [1.165, 1.54) is 7.11 Å². The first-order valence-electron chi connectivity index (χ1n) is 4.91. The molecule has 1 aromatic heterocycles. The third-order valence-electron chi connectivity index (χ3n) is 1.95. The number of amides is 1.